The summed E-state index contributed by atoms with van der Waals surface area (Å²) in [5.74, 6) is 0.00919. The zero-order valence-electron chi connectivity index (χ0n) is 12.6. The smallest absolute Gasteiger partial charge is 0.238 e. The summed E-state index contributed by atoms with van der Waals surface area (Å²) in [6.07, 6.45) is 3.74. The maximum Gasteiger partial charge on any atom is 0.238 e. The molecule has 1 aliphatic heterocycles. The minimum Gasteiger partial charge on any atom is -0.325 e. The van der Waals surface area contributed by atoms with Gasteiger partial charge in [-0.05, 0) is 44.1 Å². The number of nitrogens with zero attached hydrogens (tertiary/aromatic N) is 1. The van der Waals surface area contributed by atoms with Gasteiger partial charge in [-0.3, -0.25) is 9.69 Å². The summed E-state index contributed by atoms with van der Waals surface area (Å²) in [5, 5.41) is 7.05. The van der Waals surface area contributed by atoms with Crippen molar-refractivity contribution in [3.8, 4) is 0 Å². The number of piperidine rings is 1. The summed E-state index contributed by atoms with van der Waals surface area (Å²) >= 11 is 5.92. The van der Waals surface area contributed by atoms with E-state index in [-0.39, 0.29) is 5.91 Å². The molecule has 0 aliphatic carbocycles. The molecule has 1 aliphatic rings. The van der Waals surface area contributed by atoms with Gasteiger partial charge < -0.3 is 10.6 Å². The van der Waals surface area contributed by atoms with Crippen molar-refractivity contribution in [1.82, 2.24) is 10.2 Å². The average molecular weight is 310 g/mol. The van der Waals surface area contributed by atoms with Crippen LogP contribution in [-0.2, 0) is 4.79 Å². The molecule has 21 heavy (non-hydrogen) atoms. The second-order valence-electron chi connectivity index (χ2n) is 5.53. The standard InChI is InChI=1S/C16H24ClN3O/c1-2-20(11-15-7-3-4-9-18-15)12-16(21)19-14-8-5-6-13(17)10-14/h5-6,8,10,15,18H,2-4,7,9,11-12H2,1H3,(H,19,21). The number of nitrogens with one attached hydrogen (secondary N) is 2. The molecule has 1 amide bonds. The first kappa shape index (κ1) is 16.3. The lowest BCUT2D eigenvalue weighted by Gasteiger charge is -2.29. The van der Waals surface area contributed by atoms with Crippen molar-refractivity contribution in [1.29, 1.82) is 0 Å². The first-order valence-electron chi connectivity index (χ1n) is 7.68. The predicted molar refractivity (Wildman–Crippen MR) is 87.8 cm³/mol. The quantitative estimate of drug-likeness (QED) is 0.849. The molecule has 2 N–H and O–H groups in total. The lowest BCUT2D eigenvalue weighted by Crippen LogP contribution is -2.45. The molecule has 1 unspecified atom stereocenters. The molecule has 5 heteroatoms. The normalized spacial score (nSPS) is 18.7. The van der Waals surface area contributed by atoms with Crippen LogP contribution in [0.2, 0.25) is 5.02 Å². The molecule has 2 rings (SSSR count). The van der Waals surface area contributed by atoms with E-state index >= 15 is 0 Å². The number of anilines is 1. The average Bonchev–Trinajstić information content (AvgIpc) is 2.47. The summed E-state index contributed by atoms with van der Waals surface area (Å²) in [4.78, 5) is 14.3. The Hall–Kier alpha value is -1.10. The molecule has 1 aromatic carbocycles. The van der Waals surface area contributed by atoms with E-state index in [4.69, 9.17) is 11.6 Å². The first-order chi connectivity index (χ1) is 10.2. The van der Waals surface area contributed by atoms with Crippen LogP contribution >= 0.6 is 11.6 Å². The van der Waals surface area contributed by atoms with Crippen molar-refractivity contribution in [2.45, 2.75) is 32.2 Å². The third-order valence-corrected chi connectivity index (χ3v) is 4.05. The van der Waals surface area contributed by atoms with E-state index in [1.165, 1.54) is 19.3 Å². The molecule has 0 spiro atoms. The van der Waals surface area contributed by atoms with Gasteiger partial charge in [-0.15, -0.1) is 0 Å². The second-order valence-corrected chi connectivity index (χ2v) is 5.97. The summed E-state index contributed by atoms with van der Waals surface area (Å²) < 4.78 is 0. The van der Waals surface area contributed by atoms with Crippen molar-refractivity contribution in [2.75, 3.05) is 31.5 Å². The number of hydrogen-bond donors (Lipinski definition) is 2. The fourth-order valence-corrected chi connectivity index (χ4v) is 2.86. The SMILES string of the molecule is CCN(CC(=O)Nc1cccc(Cl)c1)CC1CCCCN1. The summed E-state index contributed by atoms with van der Waals surface area (Å²) in [6, 6.07) is 7.75. The summed E-state index contributed by atoms with van der Waals surface area (Å²) in [6.45, 7) is 5.41. The van der Waals surface area contributed by atoms with Crippen LogP contribution in [0.4, 0.5) is 5.69 Å². The van der Waals surface area contributed by atoms with Gasteiger partial charge in [0, 0.05) is 23.3 Å². The van der Waals surface area contributed by atoms with Crippen LogP contribution in [0, 0.1) is 0 Å². The zero-order chi connectivity index (χ0) is 15.1. The van der Waals surface area contributed by atoms with Gasteiger partial charge in [0.05, 0.1) is 6.54 Å². The molecule has 0 bridgehead atoms. The van der Waals surface area contributed by atoms with Crippen LogP contribution in [0.3, 0.4) is 0 Å². The number of rotatable bonds is 6. The van der Waals surface area contributed by atoms with Crippen LogP contribution in [0.5, 0.6) is 0 Å². The third kappa shape index (κ3) is 5.65. The molecule has 0 aromatic heterocycles. The Bertz CT molecular complexity index is 461. The van der Waals surface area contributed by atoms with Gasteiger partial charge in [-0.2, -0.15) is 0 Å². The van der Waals surface area contributed by atoms with E-state index in [0.29, 0.717) is 17.6 Å². The molecular weight excluding hydrogens is 286 g/mol. The van der Waals surface area contributed by atoms with Gasteiger partial charge in [0.1, 0.15) is 0 Å². The zero-order valence-corrected chi connectivity index (χ0v) is 13.3. The maximum absolute atomic E-state index is 12.1. The molecule has 4 nitrogen and oxygen atoms in total. The van der Waals surface area contributed by atoms with Gasteiger partial charge >= 0.3 is 0 Å². The number of likely N-dealkylation sites (N-methyl/N-ethyl adjacent to an activating group) is 1. The highest BCUT2D eigenvalue weighted by Gasteiger charge is 2.17. The minimum atomic E-state index is 0.00919. The Labute approximate surface area is 131 Å². The summed E-state index contributed by atoms with van der Waals surface area (Å²) in [5.41, 5.74) is 0.749. The topological polar surface area (TPSA) is 44.4 Å². The molecular formula is C16H24ClN3O. The van der Waals surface area contributed by atoms with Gasteiger partial charge in [-0.1, -0.05) is 31.0 Å². The van der Waals surface area contributed by atoms with Crippen LogP contribution in [0.25, 0.3) is 0 Å². The Kier molecular flexibility index (Phi) is 6.49. The van der Waals surface area contributed by atoms with Crippen molar-refractivity contribution in [2.24, 2.45) is 0 Å². The van der Waals surface area contributed by atoms with E-state index in [0.717, 1.165) is 25.3 Å². The van der Waals surface area contributed by atoms with Crippen molar-refractivity contribution in [3.63, 3.8) is 0 Å². The van der Waals surface area contributed by atoms with Gasteiger partial charge in [0.15, 0.2) is 0 Å². The van der Waals surface area contributed by atoms with Gasteiger partial charge in [0.2, 0.25) is 5.91 Å². The van der Waals surface area contributed by atoms with E-state index in [1.807, 2.05) is 12.1 Å². The lowest BCUT2D eigenvalue weighted by atomic mass is 10.0. The second kappa shape index (κ2) is 8.37. The lowest BCUT2D eigenvalue weighted by molar-refractivity contribution is -0.117. The Morgan fingerprint density at radius 1 is 1.48 bits per heavy atom. The molecule has 1 heterocycles. The largest absolute Gasteiger partial charge is 0.325 e. The van der Waals surface area contributed by atoms with E-state index < -0.39 is 0 Å². The number of benzene rings is 1. The monoisotopic (exact) mass is 309 g/mol. The number of halogens is 1. The number of hydrogen-bond acceptors (Lipinski definition) is 3. The maximum atomic E-state index is 12.1. The summed E-state index contributed by atoms with van der Waals surface area (Å²) in [7, 11) is 0. The Morgan fingerprint density at radius 2 is 2.33 bits per heavy atom. The minimum absolute atomic E-state index is 0.00919. The van der Waals surface area contributed by atoms with Crippen LogP contribution in [0.1, 0.15) is 26.2 Å². The fourth-order valence-electron chi connectivity index (χ4n) is 2.67. The fraction of sp³-hybridized carbons (Fsp3) is 0.562. The highest BCUT2D eigenvalue weighted by atomic mass is 35.5. The number of carbonyl (C=O) groups excluding carboxylic acids is 1. The number of amides is 1. The highest BCUT2D eigenvalue weighted by Crippen LogP contribution is 2.15. The van der Waals surface area contributed by atoms with E-state index in [1.54, 1.807) is 12.1 Å². The molecule has 1 aromatic rings. The Morgan fingerprint density at radius 3 is 3.00 bits per heavy atom. The van der Waals surface area contributed by atoms with E-state index in [2.05, 4.69) is 22.5 Å². The van der Waals surface area contributed by atoms with Crippen LogP contribution in [0.15, 0.2) is 24.3 Å². The van der Waals surface area contributed by atoms with Gasteiger partial charge in [0.25, 0.3) is 0 Å². The molecule has 0 saturated carbocycles. The highest BCUT2D eigenvalue weighted by molar-refractivity contribution is 6.30. The first-order valence-corrected chi connectivity index (χ1v) is 8.06. The van der Waals surface area contributed by atoms with Crippen LogP contribution < -0.4 is 10.6 Å². The van der Waals surface area contributed by atoms with Crippen molar-refractivity contribution in [3.05, 3.63) is 29.3 Å². The molecule has 116 valence electrons. The van der Waals surface area contributed by atoms with E-state index in [9.17, 15) is 4.79 Å². The third-order valence-electron chi connectivity index (χ3n) is 3.81. The molecule has 1 saturated heterocycles. The van der Waals surface area contributed by atoms with Gasteiger partial charge in [-0.25, -0.2) is 0 Å². The van der Waals surface area contributed by atoms with Crippen LogP contribution in [-0.4, -0.2) is 43.0 Å². The molecule has 0 radical (unpaired) electrons. The van der Waals surface area contributed by atoms with Crippen molar-refractivity contribution >= 4 is 23.2 Å². The Balaban J connectivity index is 1.81. The number of carbonyl (C=O) groups is 1. The molecule has 1 fully saturated rings. The predicted octanol–water partition coefficient (Wildman–Crippen LogP) is 2.74. The van der Waals surface area contributed by atoms with Crippen molar-refractivity contribution < 1.29 is 4.79 Å². The molecule has 1 atom stereocenters.